The van der Waals surface area contributed by atoms with Crippen LogP contribution >= 0.6 is 0 Å². The average Bonchev–Trinajstić information content (AvgIpc) is 3.02. The van der Waals surface area contributed by atoms with E-state index in [4.69, 9.17) is 16.3 Å². The lowest BCUT2D eigenvalue weighted by Gasteiger charge is -2.26. The van der Waals surface area contributed by atoms with Gasteiger partial charge in [-0.25, -0.2) is 0 Å². The average molecular weight is 661 g/mol. The maximum Gasteiger partial charge on any atom is 0.322 e. The van der Waals surface area contributed by atoms with E-state index in [2.05, 4.69) is 48.7 Å². The van der Waals surface area contributed by atoms with E-state index < -0.39 is 83.7 Å². The molecule has 0 spiro atoms. The van der Waals surface area contributed by atoms with Crippen molar-refractivity contribution in [3.8, 4) is 30.1 Å². The molecule has 1 unspecified atom stereocenters. The lowest BCUT2D eigenvalue weighted by molar-refractivity contribution is -0.384. The number of carbonyl (C=O) groups excluding carboxylic acids is 4. The molecule has 1 aromatic carbocycles. The van der Waals surface area contributed by atoms with Crippen LogP contribution in [0.2, 0.25) is 0 Å². The lowest BCUT2D eigenvalue weighted by atomic mass is 10.0. The molecule has 252 valence electrons. The number of carboxylic acids is 2. The molecule has 47 heavy (non-hydrogen) atoms. The molecule has 0 aliphatic carbocycles. The number of hydroxylamine groups is 1. The van der Waals surface area contributed by atoms with Gasteiger partial charge < -0.3 is 36.2 Å². The first-order valence-electron chi connectivity index (χ1n) is 14.0. The topological polar surface area (TPSA) is 274 Å². The molecule has 0 saturated carbocycles. The quantitative estimate of drug-likeness (QED) is 0.0403. The number of rotatable bonds is 14. The number of carbonyl (C=O) groups is 6. The molecule has 2 rings (SSSR count). The predicted octanol–water partition coefficient (Wildman–Crippen LogP) is -1.27. The molecule has 1 aliphatic heterocycles. The zero-order valence-electron chi connectivity index (χ0n) is 24.7. The van der Waals surface area contributed by atoms with Crippen molar-refractivity contribution < 1.29 is 58.5 Å². The first-order valence-corrected chi connectivity index (χ1v) is 14.0. The molecule has 0 radical (unpaired) electrons. The zero-order valence-corrected chi connectivity index (χ0v) is 24.7. The predicted molar refractivity (Wildman–Crippen MR) is 156 cm³/mol. The molecule has 3 atom stereocenters. The number of hydrogen-bond acceptors (Lipinski definition) is 12. The monoisotopic (exact) mass is 660 g/mol. The van der Waals surface area contributed by atoms with Crippen molar-refractivity contribution in [2.45, 2.75) is 56.7 Å². The maximum atomic E-state index is 13.4. The van der Waals surface area contributed by atoms with Crippen LogP contribution in [0.4, 0.5) is 5.69 Å². The normalized spacial score (nSPS) is 18.1. The second kappa shape index (κ2) is 19.5. The summed E-state index contributed by atoms with van der Waals surface area (Å²) < 4.78 is 5.63. The van der Waals surface area contributed by atoms with E-state index >= 15 is 0 Å². The molecule has 7 N–H and O–H groups in total. The van der Waals surface area contributed by atoms with Crippen LogP contribution in [-0.4, -0.2) is 88.5 Å². The second-order valence-electron chi connectivity index (χ2n) is 9.70. The van der Waals surface area contributed by atoms with Crippen LogP contribution in [0.25, 0.3) is 0 Å². The highest BCUT2D eigenvalue weighted by Gasteiger charge is 2.31. The van der Waals surface area contributed by atoms with Crippen molar-refractivity contribution in [1.82, 2.24) is 26.7 Å². The number of amides is 4. The molecule has 19 nitrogen and oxygen atoms in total. The number of fused-ring (bicyclic) bond motifs is 1. The van der Waals surface area contributed by atoms with Crippen molar-refractivity contribution >= 4 is 41.3 Å². The summed E-state index contributed by atoms with van der Waals surface area (Å²) in [4.78, 5) is 94.8. The Morgan fingerprint density at radius 1 is 1.06 bits per heavy atom. The largest absolute Gasteiger partial charge is 0.493 e. The Balaban J connectivity index is 2.38. The third-order valence-corrected chi connectivity index (χ3v) is 6.32. The first-order chi connectivity index (χ1) is 22.4. The Morgan fingerprint density at radius 3 is 2.47 bits per heavy atom. The van der Waals surface area contributed by atoms with E-state index in [0.717, 1.165) is 18.2 Å². The summed E-state index contributed by atoms with van der Waals surface area (Å²) in [5.74, 6) is -2.38. The number of unbranched alkanes of at least 4 members (excludes halogenated alkanes) is 1. The molecule has 4 amide bonds. The Morgan fingerprint density at radius 2 is 1.79 bits per heavy atom. The van der Waals surface area contributed by atoms with Crippen LogP contribution in [0.15, 0.2) is 18.2 Å². The molecule has 0 saturated heterocycles. The fourth-order valence-corrected chi connectivity index (χ4v) is 4.05. The Bertz CT molecular complexity index is 1450. The Labute approximate surface area is 267 Å². The SMILES string of the molecule is C#CC#COONCCCC[C@@H]1NC(=O)[C@H](CCC(=O)O)NC(=O)c2cc([N+](=O)[O-])ccc2OCCC(C(=O)NCC(=O)O)NC1=O. The van der Waals surface area contributed by atoms with Gasteiger partial charge in [0.25, 0.3) is 11.6 Å². The Hall–Kier alpha value is -5.92. The number of non-ortho nitro benzene ring substituents is 1. The Kier molecular flexibility index (Phi) is 15.4. The highest BCUT2D eigenvalue weighted by atomic mass is 17.3. The van der Waals surface area contributed by atoms with Crippen molar-refractivity contribution in [3.63, 3.8) is 0 Å². The van der Waals surface area contributed by atoms with E-state index in [9.17, 15) is 44.0 Å². The number of ether oxygens (including phenoxy) is 1. The smallest absolute Gasteiger partial charge is 0.322 e. The minimum absolute atomic E-state index is 0.0222. The van der Waals surface area contributed by atoms with E-state index in [1.807, 2.05) is 5.92 Å². The molecule has 1 aliphatic rings. The van der Waals surface area contributed by atoms with Crippen LogP contribution in [0.1, 0.15) is 48.9 Å². The summed E-state index contributed by atoms with van der Waals surface area (Å²) >= 11 is 0. The molecule has 0 bridgehead atoms. The van der Waals surface area contributed by atoms with E-state index in [0.29, 0.717) is 6.42 Å². The third kappa shape index (κ3) is 13.3. The first kappa shape index (κ1) is 37.3. The van der Waals surface area contributed by atoms with Crippen LogP contribution < -0.4 is 31.5 Å². The van der Waals surface area contributed by atoms with Crippen molar-refractivity contribution in [2.75, 3.05) is 19.7 Å². The fraction of sp³-hybridized carbons (Fsp3) is 0.429. The highest BCUT2D eigenvalue weighted by Crippen LogP contribution is 2.25. The van der Waals surface area contributed by atoms with Gasteiger partial charge in [-0.2, -0.15) is 5.48 Å². The number of nitrogens with one attached hydrogen (secondary N) is 5. The fourth-order valence-electron chi connectivity index (χ4n) is 4.05. The van der Waals surface area contributed by atoms with Gasteiger partial charge >= 0.3 is 11.9 Å². The summed E-state index contributed by atoms with van der Waals surface area (Å²) in [6.07, 6.45) is 6.36. The number of nitro benzene ring substituents is 1. The number of aliphatic carboxylic acids is 2. The number of nitrogens with zero attached hydrogens (tertiary/aromatic N) is 1. The maximum absolute atomic E-state index is 13.4. The van der Waals surface area contributed by atoms with E-state index in [1.54, 1.807) is 0 Å². The van der Waals surface area contributed by atoms with Gasteiger partial charge in [-0.3, -0.25) is 43.8 Å². The molecule has 0 aromatic heterocycles. The minimum atomic E-state index is -1.52. The van der Waals surface area contributed by atoms with Crippen LogP contribution in [0.5, 0.6) is 5.75 Å². The van der Waals surface area contributed by atoms with Crippen molar-refractivity contribution in [2.24, 2.45) is 0 Å². The molecule has 0 fully saturated rings. The number of hydrogen-bond donors (Lipinski definition) is 7. The standard InChI is InChI=1S/C28H32N6O13/c1-2-3-13-46-47-30-12-5-4-6-19-27(41)33-21(26(40)29-16-24(37)38)11-14-45-22-9-7-17(34(43)44)15-18(22)25(39)31-20(28(42)32-19)8-10-23(35)36/h1,7,9,15,19-21,30H,4-6,8,10-12,14,16H2,(H,29,40)(H,31,39)(H,32,42)(H,33,41)(H,35,36)(H,37,38)/t19-,20-,21?/m0/s1. The second-order valence-corrected chi connectivity index (χ2v) is 9.70. The number of terminal acetylenes is 1. The van der Waals surface area contributed by atoms with Crippen molar-refractivity contribution in [3.05, 3.63) is 33.9 Å². The van der Waals surface area contributed by atoms with Gasteiger partial charge in [-0.15, -0.1) is 6.42 Å². The number of nitro groups is 1. The molecule has 1 heterocycles. The summed E-state index contributed by atoms with van der Waals surface area (Å²) in [7, 11) is 0. The van der Waals surface area contributed by atoms with Gasteiger partial charge in [0.2, 0.25) is 17.7 Å². The summed E-state index contributed by atoms with van der Waals surface area (Å²) in [5, 5.41) is 39.0. The molecule has 1 aromatic rings. The van der Waals surface area contributed by atoms with Gasteiger partial charge in [0.1, 0.15) is 30.4 Å². The van der Waals surface area contributed by atoms with Gasteiger partial charge in [-0.1, -0.05) is 4.99 Å². The zero-order chi connectivity index (χ0) is 34.8. The highest BCUT2D eigenvalue weighted by molar-refractivity contribution is 6.01. The number of carboxylic acid groups (broad SMARTS) is 2. The number of benzene rings is 1. The summed E-state index contributed by atoms with van der Waals surface area (Å²) in [6, 6.07) is -1.15. The van der Waals surface area contributed by atoms with Crippen LogP contribution in [0, 0.1) is 34.5 Å². The van der Waals surface area contributed by atoms with Gasteiger partial charge in [0.05, 0.1) is 17.1 Å². The summed E-state index contributed by atoms with van der Waals surface area (Å²) in [5.41, 5.74) is 1.59. The minimum Gasteiger partial charge on any atom is -0.493 e. The molecular formula is C28H32N6O13. The molecular weight excluding hydrogens is 628 g/mol. The van der Waals surface area contributed by atoms with Crippen LogP contribution in [0.3, 0.4) is 0 Å². The van der Waals surface area contributed by atoms with E-state index in [1.165, 1.54) is 0 Å². The van der Waals surface area contributed by atoms with Crippen LogP contribution in [-0.2, 0) is 33.8 Å². The lowest BCUT2D eigenvalue weighted by Crippen LogP contribution is -2.57. The molecule has 19 heteroatoms. The third-order valence-electron chi connectivity index (χ3n) is 6.32. The van der Waals surface area contributed by atoms with Gasteiger partial charge in [0.15, 0.2) is 6.11 Å². The van der Waals surface area contributed by atoms with Gasteiger partial charge in [0, 0.05) is 37.4 Å². The van der Waals surface area contributed by atoms with Gasteiger partial charge in [-0.05, 0) is 37.7 Å². The van der Waals surface area contributed by atoms with Crippen molar-refractivity contribution in [1.29, 1.82) is 0 Å². The summed E-state index contributed by atoms with van der Waals surface area (Å²) in [6.45, 7) is -0.903. The van der Waals surface area contributed by atoms with E-state index in [-0.39, 0.29) is 43.7 Å².